The summed E-state index contributed by atoms with van der Waals surface area (Å²) in [6.45, 7) is 1.49. The van der Waals surface area contributed by atoms with E-state index in [4.69, 9.17) is 9.47 Å². The van der Waals surface area contributed by atoms with Crippen LogP contribution in [0.15, 0.2) is 60.0 Å². The minimum atomic E-state index is -1.15. The van der Waals surface area contributed by atoms with E-state index in [2.05, 4.69) is 5.32 Å². The smallest absolute Gasteiger partial charge is 0.341 e. The van der Waals surface area contributed by atoms with Crippen LogP contribution >= 0.6 is 11.3 Å². The summed E-state index contributed by atoms with van der Waals surface area (Å²) in [6, 6.07) is 15.4. The summed E-state index contributed by atoms with van der Waals surface area (Å²) >= 11 is 1.20. The van der Waals surface area contributed by atoms with Crippen LogP contribution in [0.1, 0.15) is 27.6 Å². The molecule has 3 rings (SSSR count). The lowest BCUT2D eigenvalue weighted by Gasteiger charge is -2.10. The molecule has 1 amide bonds. The van der Waals surface area contributed by atoms with E-state index in [9.17, 15) is 19.5 Å². The number of carbonyl (C=O) groups excluding carboxylic acids is 2. The molecular formula is C22H19NO6S. The first-order valence-corrected chi connectivity index (χ1v) is 9.98. The van der Waals surface area contributed by atoms with E-state index in [0.29, 0.717) is 10.6 Å². The van der Waals surface area contributed by atoms with Crippen LogP contribution in [0, 0.1) is 0 Å². The first-order valence-electron chi connectivity index (χ1n) is 9.10. The van der Waals surface area contributed by atoms with Crippen LogP contribution in [0.2, 0.25) is 0 Å². The van der Waals surface area contributed by atoms with Gasteiger partial charge in [0.15, 0.2) is 6.61 Å². The molecule has 0 bridgehead atoms. The largest absolute Gasteiger partial charge is 0.483 e. The molecule has 0 aliphatic rings. The van der Waals surface area contributed by atoms with E-state index < -0.39 is 24.5 Å². The second-order valence-electron chi connectivity index (χ2n) is 6.08. The number of anilines is 1. The highest BCUT2D eigenvalue weighted by molar-refractivity contribution is 7.15. The molecule has 1 aromatic heterocycles. The highest BCUT2D eigenvalue weighted by atomic mass is 32.1. The van der Waals surface area contributed by atoms with Crippen molar-refractivity contribution in [2.45, 2.75) is 6.92 Å². The molecule has 0 aliphatic carbocycles. The van der Waals surface area contributed by atoms with Gasteiger partial charge in [0.1, 0.15) is 21.9 Å². The number of carboxylic acid groups (broad SMARTS) is 1. The van der Waals surface area contributed by atoms with Gasteiger partial charge < -0.3 is 19.9 Å². The molecule has 8 heteroatoms. The van der Waals surface area contributed by atoms with E-state index >= 15 is 0 Å². The quantitative estimate of drug-likeness (QED) is 0.522. The summed E-state index contributed by atoms with van der Waals surface area (Å²) < 4.78 is 10.5. The Hall–Kier alpha value is -3.65. The minimum Gasteiger partial charge on any atom is -0.483 e. The predicted molar refractivity (Wildman–Crippen MR) is 113 cm³/mol. The summed E-state index contributed by atoms with van der Waals surface area (Å²) in [4.78, 5) is 36.2. The Morgan fingerprint density at radius 2 is 1.73 bits per heavy atom. The van der Waals surface area contributed by atoms with Crippen molar-refractivity contribution in [1.82, 2.24) is 0 Å². The molecule has 3 aromatic rings. The molecule has 0 unspecified atom stereocenters. The van der Waals surface area contributed by atoms with Crippen molar-refractivity contribution in [3.8, 4) is 16.9 Å². The molecule has 0 fully saturated rings. The molecule has 154 valence electrons. The number of ether oxygens (including phenoxy) is 2. The lowest BCUT2D eigenvalue weighted by Crippen LogP contribution is -2.21. The number of benzene rings is 2. The highest BCUT2D eigenvalue weighted by Crippen LogP contribution is 2.36. The van der Waals surface area contributed by atoms with Crippen LogP contribution in [-0.2, 0) is 9.53 Å². The van der Waals surface area contributed by atoms with E-state index in [1.807, 2.05) is 30.3 Å². The molecule has 0 aliphatic heterocycles. The molecule has 0 saturated carbocycles. The molecule has 0 saturated heterocycles. The first kappa shape index (κ1) is 21.1. The fraction of sp³-hybridized carbons (Fsp3) is 0.136. The van der Waals surface area contributed by atoms with Crippen LogP contribution < -0.4 is 10.1 Å². The number of aromatic carboxylic acids is 1. The minimum absolute atomic E-state index is 0.0417. The van der Waals surface area contributed by atoms with Gasteiger partial charge in [-0.1, -0.05) is 42.5 Å². The number of esters is 1. The van der Waals surface area contributed by atoms with Crippen molar-refractivity contribution in [3.63, 3.8) is 0 Å². The Labute approximate surface area is 176 Å². The Morgan fingerprint density at radius 3 is 2.43 bits per heavy atom. The molecule has 2 N–H and O–H groups in total. The topological polar surface area (TPSA) is 102 Å². The van der Waals surface area contributed by atoms with Gasteiger partial charge in [-0.2, -0.15) is 0 Å². The summed E-state index contributed by atoms with van der Waals surface area (Å²) in [5.74, 6) is -2.13. The van der Waals surface area contributed by atoms with Crippen LogP contribution in [-0.4, -0.2) is 36.2 Å². The Morgan fingerprint density at radius 1 is 1.03 bits per heavy atom. The number of rotatable bonds is 8. The van der Waals surface area contributed by atoms with Gasteiger partial charge in [0.05, 0.1) is 6.61 Å². The number of nitrogens with one attached hydrogen (secondary N) is 1. The second-order valence-corrected chi connectivity index (χ2v) is 6.96. The Kier molecular flexibility index (Phi) is 6.82. The number of amides is 1. The SMILES string of the molecule is CCOC(=O)c1c(-c2ccccc2)csc1NC(=O)COc1ccccc1C(=O)O. The second kappa shape index (κ2) is 9.71. The van der Waals surface area contributed by atoms with Crippen molar-refractivity contribution < 1.29 is 29.0 Å². The summed E-state index contributed by atoms with van der Waals surface area (Å²) in [7, 11) is 0. The van der Waals surface area contributed by atoms with Gasteiger partial charge >= 0.3 is 11.9 Å². The van der Waals surface area contributed by atoms with Crippen LogP contribution in [0.5, 0.6) is 5.75 Å². The molecule has 0 spiro atoms. The molecule has 0 atom stereocenters. The number of hydrogen-bond donors (Lipinski definition) is 2. The zero-order chi connectivity index (χ0) is 21.5. The summed E-state index contributed by atoms with van der Waals surface area (Å²) in [5, 5.41) is 14.0. The molecule has 2 aromatic carbocycles. The van der Waals surface area contributed by atoms with Crippen molar-refractivity contribution in [3.05, 3.63) is 71.1 Å². The Bertz CT molecular complexity index is 1060. The summed E-state index contributed by atoms with van der Waals surface area (Å²) in [5.41, 5.74) is 1.71. The van der Waals surface area contributed by atoms with Gasteiger partial charge in [0.25, 0.3) is 5.91 Å². The van der Waals surface area contributed by atoms with Gasteiger partial charge in [-0.3, -0.25) is 4.79 Å². The van der Waals surface area contributed by atoms with Crippen molar-refractivity contribution in [2.75, 3.05) is 18.5 Å². The lowest BCUT2D eigenvalue weighted by molar-refractivity contribution is -0.118. The van der Waals surface area contributed by atoms with Crippen molar-refractivity contribution in [2.24, 2.45) is 0 Å². The van der Waals surface area contributed by atoms with Gasteiger partial charge in [-0.05, 0) is 24.6 Å². The monoisotopic (exact) mass is 425 g/mol. The lowest BCUT2D eigenvalue weighted by atomic mass is 10.0. The average molecular weight is 425 g/mol. The van der Waals surface area contributed by atoms with Gasteiger partial charge in [-0.25, -0.2) is 9.59 Å². The van der Waals surface area contributed by atoms with Gasteiger partial charge in [0.2, 0.25) is 0 Å². The number of thiophene rings is 1. The van der Waals surface area contributed by atoms with Crippen LogP contribution in [0.4, 0.5) is 5.00 Å². The normalized spacial score (nSPS) is 10.3. The fourth-order valence-electron chi connectivity index (χ4n) is 2.76. The highest BCUT2D eigenvalue weighted by Gasteiger charge is 2.23. The Balaban J connectivity index is 1.79. The fourth-order valence-corrected chi connectivity index (χ4v) is 3.73. The third kappa shape index (κ3) is 4.84. The maximum atomic E-state index is 12.5. The molecule has 7 nitrogen and oxygen atoms in total. The maximum absolute atomic E-state index is 12.5. The summed E-state index contributed by atoms with van der Waals surface area (Å²) in [6.07, 6.45) is 0. The standard InChI is InChI=1S/C22H19NO6S/c1-2-28-22(27)19-16(14-8-4-3-5-9-14)13-30-20(19)23-18(24)12-29-17-11-7-6-10-15(17)21(25)26/h3-11,13H,2,12H2,1H3,(H,23,24)(H,25,26). The third-order valence-electron chi connectivity index (χ3n) is 4.08. The molecular weight excluding hydrogens is 406 g/mol. The number of carboxylic acids is 1. The van der Waals surface area contributed by atoms with E-state index in [0.717, 1.165) is 5.56 Å². The molecule has 30 heavy (non-hydrogen) atoms. The van der Waals surface area contributed by atoms with Crippen LogP contribution in [0.25, 0.3) is 11.1 Å². The van der Waals surface area contributed by atoms with Crippen molar-refractivity contribution >= 4 is 34.2 Å². The third-order valence-corrected chi connectivity index (χ3v) is 4.98. The van der Waals surface area contributed by atoms with Crippen molar-refractivity contribution in [1.29, 1.82) is 0 Å². The van der Waals surface area contributed by atoms with Gasteiger partial charge in [0, 0.05) is 10.9 Å². The van der Waals surface area contributed by atoms with E-state index in [1.165, 1.54) is 23.5 Å². The average Bonchev–Trinajstić information content (AvgIpc) is 3.16. The maximum Gasteiger partial charge on any atom is 0.341 e. The predicted octanol–water partition coefficient (Wildman–Crippen LogP) is 4.31. The van der Waals surface area contributed by atoms with Gasteiger partial charge in [-0.15, -0.1) is 11.3 Å². The number of hydrogen-bond acceptors (Lipinski definition) is 6. The zero-order valence-corrected chi connectivity index (χ0v) is 16.9. The molecule has 1 heterocycles. The number of carbonyl (C=O) groups is 3. The molecule has 0 radical (unpaired) electrons. The number of para-hydroxylation sites is 1. The van der Waals surface area contributed by atoms with E-state index in [1.54, 1.807) is 24.4 Å². The van der Waals surface area contributed by atoms with Crippen LogP contribution in [0.3, 0.4) is 0 Å². The zero-order valence-electron chi connectivity index (χ0n) is 16.1. The first-order chi connectivity index (χ1) is 14.5. The van der Waals surface area contributed by atoms with E-state index in [-0.39, 0.29) is 23.5 Å².